The third-order valence-electron chi connectivity index (χ3n) is 4.50. The molecule has 0 aliphatic heterocycles. The summed E-state index contributed by atoms with van der Waals surface area (Å²) < 4.78 is 15.2. The highest BCUT2D eigenvalue weighted by molar-refractivity contribution is 6.30. The Bertz CT molecular complexity index is 1230. The molecule has 1 N–H and O–H groups in total. The summed E-state index contributed by atoms with van der Waals surface area (Å²) in [6.07, 6.45) is 4.83. The van der Waals surface area contributed by atoms with Gasteiger partial charge in [0.1, 0.15) is 23.0 Å². The summed E-state index contributed by atoms with van der Waals surface area (Å²) in [5.41, 5.74) is 3.99. The average molecular weight is 406 g/mol. The van der Waals surface area contributed by atoms with E-state index in [9.17, 15) is 9.18 Å². The van der Waals surface area contributed by atoms with Crippen LogP contribution in [0.15, 0.2) is 72.9 Å². The Morgan fingerprint density at radius 1 is 1.14 bits per heavy atom. The molecule has 0 saturated carbocycles. The number of nitrogens with one attached hydrogen (secondary N) is 1. The molecule has 0 bridgehead atoms. The lowest BCUT2D eigenvalue weighted by atomic mass is 10.1. The smallest absolute Gasteiger partial charge is 0.249 e. The van der Waals surface area contributed by atoms with Crippen LogP contribution in [0, 0.1) is 12.7 Å². The molecule has 0 aliphatic carbocycles. The zero-order valence-electron chi connectivity index (χ0n) is 15.6. The third-order valence-corrected chi connectivity index (χ3v) is 4.79. The second kappa shape index (κ2) is 7.89. The predicted molar refractivity (Wildman–Crippen MR) is 114 cm³/mol. The van der Waals surface area contributed by atoms with Crippen molar-refractivity contribution in [2.75, 3.05) is 5.32 Å². The molecule has 0 fully saturated rings. The SMILES string of the molecule is Cc1cccn2c(NC(=O)/C=C/c3ccc(F)c(Cl)c3)c(-c3ccccc3)nc12. The highest BCUT2D eigenvalue weighted by Gasteiger charge is 2.16. The Morgan fingerprint density at radius 2 is 1.93 bits per heavy atom. The molecule has 4 aromatic rings. The number of benzene rings is 2. The number of imidazole rings is 1. The maximum absolute atomic E-state index is 13.3. The maximum Gasteiger partial charge on any atom is 0.249 e. The molecule has 4 rings (SSSR count). The van der Waals surface area contributed by atoms with Crippen molar-refractivity contribution >= 4 is 35.0 Å². The largest absolute Gasteiger partial charge is 0.306 e. The van der Waals surface area contributed by atoms with E-state index in [1.165, 1.54) is 18.2 Å². The molecule has 29 heavy (non-hydrogen) atoms. The number of carbonyl (C=O) groups excluding carboxylic acids is 1. The number of rotatable bonds is 4. The molecule has 0 radical (unpaired) electrons. The zero-order valence-corrected chi connectivity index (χ0v) is 16.3. The fourth-order valence-electron chi connectivity index (χ4n) is 3.07. The maximum atomic E-state index is 13.3. The van der Waals surface area contributed by atoms with Crippen molar-refractivity contribution in [3.05, 3.63) is 94.9 Å². The van der Waals surface area contributed by atoms with Crippen LogP contribution in [0.25, 0.3) is 23.0 Å². The van der Waals surface area contributed by atoms with Gasteiger partial charge in [-0.3, -0.25) is 9.20 Å². The Morgan fingerprint density at radius 3 is 2.69 bits per heavy atom. The first kappa shape index (κ1) is 18.9. The van der Waals surface area contributed by atoms with E-state index in [1.807, 2.05) is 60.0 Å². The fourth-order valence-corrected chi connectivity index (χ4v) is 3.26. The van der Waals surface area contributed by atoms with Gasteiger partial charge in [-0.2, -0.15) is 0 Å². The topological polar surface area (TPSA) is 46.4 Å². The number of hydrogen-bond donors (Lipinski definition) is 1. The van der Waals surface area contributed by atoms with Gasteiger partial charge in [0, 0.05) is 17.8 Å². The van der Waals surface area contributed by atoms with Gasteiger partial charge >= 0.3 is 0 Å². The van der Waals surface area contributed by atoms with Gasteiger partial charge in [0.25, 0.3) is 0 Å². The number of carbonyl (C=O) groups is 1. The van der Waals surface area contributed by atoms with E-state index < -0.39 is 5.82 Å². The molecule has 144 valence electrons. The Labute approximate surface area is 172 Å². The number of halogens is 2. The summed E-state index contributed by atoms with van der Waals surface area (Å²) in [5.74, 6) is -0.241. The minimum absolute atomic E-state index is 0.0104. The quantitative estimate of drug-likeness (QED) is 0.439. The number of amides is 1. The highest BCUT2D eigenvalue weighted by atomic mass is 35.5. The van der Waals surface area contributed by atoms with Crippen LogP contribution in [0.1, 0.15) is 11.1 Å². The van der Waals surface area contributed by atoms with Crippen molar-refractivity contribution in [1.29, 1.82) is 0 Å². The fraction of sp³-hybridized carbons (Fsp3) is 0.0435. The van der Waals surface area contributed by atoms with Gasteiger partial charge in [0.2, 0.25) is 5.91 Å². The molecule has 0 aliphatic rings. The van der Waals surface area contributed by atoms with E-state index in [2.05, 4.69) is 5.32 Å². The summed E-state index contributed by atoms with van der Waals surface area (Å²) >= 11 is 5.79. The zero-order chi connectivity index (χ0) is 20.4. The molecular formula is C23H17ClFN3O. The van der Waals surface area contributed by atoms with Gasteiger partial charge < -0.3 is 5.32 Å². The van der Waals surface area contributed by atoms with Crippen molar-refractivity contribution < 1.29 is 9.18 Å². The van der Waals surface area contributed by atoms with Crippen molar-refractivity contribution in [1.82, 2.24) is 9.38 Å². The van der Waals surface area contributed by atoms with E-state index in [0.29, 0.717) is 17.1 Å². The summed E-state index contributed by atoms with van der Waals surface area (Å²) in [6, 6.07) is 17.8. The molecule has 0 spiro atoms. The summed E-state index contributed by atoms with van der Waals surface area (Å²) in [5, 5.41) is 2.93. The van der Waals surface area contributed by atoms with Gasteiger partial charge in [-0.1, -0.05) is 54.1 Å². The monoisotopic (exact) mass is 405 g/mol. The second-order valence-corrected chi connectivity index (χ2v) is 6.96. The van der Waals surface area contributed by atoms with Crippen LogP contribution in [-0.2, 0) is 4.79 Å². The highest BCUT2D eigenvalue weighted by Crippen LogP contribution is 2.29. The van der Waals surface area contributed by atoms with Crippen LogP contribution in [0.3, 0.4) is 0 Å². The third kappa shape index (κ3) is 3.91. The molecule has 4 nitrogen and oxygen atoms in total. The second-order valence-electron chi connectivity index (χ2n) is 6.56. The van der Waals surface area contributed by atoms with Gasteiger partial charge in [0.05, 0.1) is 5.02 Å². The lowest BCUT2D eigenvalue weighted by Crippen LogP contribution is -2.10. The number of anilines is 1. The first-order valence-corrected chi connectivity index (χ1v) is 9.38. The van der Waals surface area contributed by atoms with Gasteiger partial charge in [-0.25, -0.2) is 9.37 Å². The van der Waals surface area contributed by atoms with Crippen LogP contribution >= 0.6 is 11.6 Å². The lowest BCUT2D eigenvalue weighted by molar-refractivity contribution is -0.111. The minimum Gasteiger partial charge on any atom is -0.306 e. The standard InChI is InChI=1S/C23H17ClFN3O/c1-15-6-5-13-28-22(15)27-21(17-7-3-2-4-8-17)23(28)26-20(29)12-10-16-9-11-19(25)18(24)14-16/h2-14H,1H3,(H,26,29)/b12-10+. The van der Waals surface area contributed by atoms with Gasteiger partial charge in [0.15, 0.2) is 0 Å². The minimum atomic E-state index is -0.498. The van der Waals surface area contributed by atoms with E-state index in [1.54, 1.807) is 12.1 Å². The Hall–Kier alpha value is -3.44. The van der Waals surface area contributed by atoms with Crippen molar-refractivity contribution in [2.24, 2.45) is 0 Å². The van der Waals surface area contributed by atoms with Crippen LogP contribution in [-0.4, -0.2) is 15.3 Å². The molecular weight excluding hydrogens is 389 g/mol. The normalized spacial score (nSPS) is 11.3. The van der Waals surface area contributed by atoms with E-state index in [-0.39, 0.29) is 10.9 Å². The van der Waals surface area contributed by atoms with Crippen LogP contribution in [0.5, 0.6) is 0 Å². The molecule has 6 heteroatoms. The number of aryl methyl sites for hydroxylation is 1. The molecule has 0 saturated heterocycles. The number of nitrogens with zero attached hydrogens (tertiary/aromatic N) is 2. The van der Waals surface area contributed by atoms with Crippen molar-refractivity contribution in [2.45, 2.75) is 6.92 Å². The summed E-state index contributed by atoms with van der Waals surface area (Å²) in [4.78, 5) is 17.3. The number of fused-ring (bicyclic) bond motifs is 1. The first-order valence-electron chi connectivity index (χ1n) is 9.00. The average Bonchev–Trinajstić information content (AvgIpc) is 3.09. The lowest BCUT2D eigenvalue weighted by Gasteiger charge is -2.06. The Balaban J connectivity index is 1.69. The van der Waals surface area contributed by atoms with E-state index in [0.717, 1.165) is 16.8 Å². The number of aromatic nitrogens is 2. The van der Waals surface area contributed by atoms with Gasteiger partial charge in [-0.15, -0.1) is 0 Å². The molecule has 2 aromatic heterocycles. The molecule has 0 atom stereocenters. The predicted octanol–water partition coefficient (Wildman–Crippen LogP) is 5.75. The molecule has 2 aromatic carbocycles. The van der Waals surface area contributed by atoms with Crippen molar-refractivity contribution in [3.63, 3.8) is 0 Å². The Kier molecular flexibility index (Phi) is 5.14. The first-order chi connectivity index (χ1) is 14.0. The number of hydrogen-bond acceptors (Lipinski definition) is 2. The van der Waals surface area contributed by atoms with Crippen LogP contribution in [0.2, 0.25) is 5.02 Å². The van der Waals surface area contributed by atoms with Crippen LogP contribution < -0.4 is 5.32 Å². The molecule has 1 amide bonds. The molecule has 0 unspecified atom stereocenters. The van der Waals surface area contributed by atoms with Crippen molar-refractivity contribution in [3.8, 4) is 11.3 Å². The molecule has 2 heterocycles. The van der Waals surface area contributed by atoms with E-state index >= 15 is 0 Å². The van der Waals surface area contributed by atoms with Crippen LogP contribution in [0.4, 0.5) is 10.2 Å². The number of pyridine rings is 1. The van der Waals surface area contributed by atoms with Gasteiger partial charge in [-0.05, 0) is 42.3 Å². The summed E-state index contributed by atoms with van der Waals surface area (Å²) in [7, 11) is 0. The van der Waals surface area contributed by atoms with E-state index in [4.69, 9.17) is 16.6 Å². The summed E-state index contributed by atoms with van der Waals surface area (Å²) in [6.45, 7) is 1.97.